The van der Waals surface area contributed by atoms with Crippen molar-refractivity contribution < 1.29 is 4.74 Å². The predicted molar refractivity (Wildman–Crippen MR) is 120 cm³/mol. The van der Waals surface area contributed by atoms with E-state index in [0.29, 0.717) is 12.0 Å². The minimum absolute atomic E-state index is 0.508. The summed E-state index contributed by atoms with van der Waals surface area (Å²) in [5, 5.41) is 0. The Bertz CT molecular complexity index is 677. The summed E-state index contributed by atoms with van der Waals surface area (Å²) < 4.78 is 5.51. The normalized spacial score (nSPS) is 20.8. The number of methoxy groups -OCH3 is 1. The van der Waals surface area contributed by atoms with Crippen molar-refractivity contribution >= 4 is 0 Å². The zero-order chi connectivity index (χ0) is 19.8. The topological polar surface area (TPSA) is 9.23 Å². The van der Waals surface area contributed by atoms with E-state index in [1.54, 1.807) is 0 Å². The molecule has 152 valence electrons. The van der Waals surface area contributed by atoms with Gasteiger partial charge in [-0.05, 0) is 85.5 Å². The van der Waals surface area contributed by atoms with Crippen LogP contribution in [-0.4, -0.2) is 13.2 Å². The smallest absolute Gasteiger partial charge is 0.0571 e. The van der Waals surface area contributed by atoms with E-state index in [4.69, 9.17) is 4.74 Å². The summed E-state index contributed by atoms with van der Waals surface area (Å²) in [6.45, 7) is 4.64. The lowest BCUT2D eigenvalue weighted by molar-refractivity contribution is 0.0547. The van der Waals surface area contributed by atoms with Crippen molar-refractivity contribution in [2.75, 3.05) is 7.11 Å². The van der Waals surface area contributed by atoms with Gasteiger partial charge < -0.3 is 4.74 Å². The van der Waals surface area contributed by atoms with E-state index in [-0.39, 0.29) is 0 Å². The number of rotatable bonds is 9. The Morgan fingerprint density at radius 2 is 1.29 bits per heavy atom. The molecule has 0 bridgehead atoms. The third-order valence-corrected chi connectivity index (χ3v) is 6.63. The highest BCUT2D eigenvalue weighted by Crippen LogP contribution is 2.33. The van der Waals surface area contributed by atoms with Gasteiger partial charge in [-0.2, -0.15) is 0 Å². The van der Waals surface area contributed by atoms with E-state index >= 15 is 0 Å². The molecule has 1 aliphatic rings. The van der Waals surface area contributed by atoms with Gasteiger partial charge in [-0.3, -0.25) is 0 Å². The Morgan fingerprint density at radius 3 is 1.79 bits per heavy atom. The Morgan fingerprint density at radius 1 is 0.786 bits per heavy atom. The van der Waals surface area contributed by atoms with Crippen LogP contribution in [0.25, 0.3) is 0 Å². The SMILES string of the molecule is CCCc1ccc(CCc2ccc([C@H](C)CC3CCC(OC)CC3)cc2)cc1. The van der Waals surface area contributed by atoms with Gasteiger partial charge in [0.05, 0.1) is 6.10 Å². The summed E-state index contributed by atoms with van der Waals surface area (Å²) in [7, 11) is 1.86. The van der Waals surface area contributed by atoms with Crippen molar-refractivity contribution in [3.05, 3.63) is 70.8 Å². The van der Waals surface area contributed by atoms with Gasteiger partial charge >= 0.3 is 0 Å². The van der Waals surface area contributed by atoms with Gasteiger partial charge in [0, 0.05) is 7.11 Å². The molecule has 0 N–H and O–H groups in total. The maximum Gasteiger partial charge on any atom is 0.0571 e. The van der Waals surface area contributed by atoms with Crippen LogP contribution in [0, 0.1) is 5.92 Å². The summed E-state index contributed by atoms with van der Waals surface area (Å²) >= 11 is 0. The van der Waals surface area contributed by atoms with Crippen LogP contribution in [0.4, 0.5) is 0 Å². The van der Waals surface area contributed by atoms with E-state index in [1.807, 2.05) is 7.11 Å². The summed E-state index contributed by atoms with van der Waals surface area (Å²) in [4.78, 5) is 0. The standard InChI is InChI=1S/C27H38O/c1-4-5-22-6-8-23(9-7-22)10-11-24-12-16-26(17-13-24)21(2)20-25-14-18-27(28-3)19-15-25/h6-9,12-13,16-17,21,25,27H,4-5,10-11,14-15,18-20H2,1-3H3/t21-,25?,27?/m1/s1. The molecule has 0 heterocycles. The van der Waals surface area contributed by atoms with E-state index < -0.39 is 0 Å². The first kappa shape index (κ1) is 21.1. The number of aryl methyl sites for hydroxylation is 3. The van der Waals surface area contributed by atoms with Crippen molar-refractivity contribution in [3.8, 4) is 0 Å². The van der Waals surface area contributed by atoms with E-state index in [1.165, 1.54) is 67.2 Å². The minimum atomic E-state index is 0.508. The van der Waals surface area contributed by atoms with Crippen LogP contribution in [0.3, 0.4) is 0 Å². The quantitative estimate of drug-likeness (QED) is 0.451. The Balaban J connectivity index is 1.46. The second kappa shape index (κ2) is 10.8. The molecule has 0 aliphatic heterocycles. The average Bonchev–Trinajstić information content (AvgIpc) is 2.74. The first-order valence-electron chi connectivity index (χ1n) is 11.4. The fraction of sp³-hybridized carbons (Fsp3) is 0.556. The van der Waals surface area contributed by atoms with Crippen LogP contribution in [0.15, 0.2) is 48.5 Å². The molecule has 2 aromatic carbocycles. The van der Waals surface area contributed by atoms with Gasteiger partial charge in [0.25, 0.3) is 0 Å². The third-order valence-electron chi connectivity index (χ3n) is 6.63. The number of hydrogen-bond donors (Lipinski definition) is 0. The fourth-order valence-electron chi connectivity index (χ4n) is 4.70. The molecule has 0 unspecified atom stereocenters. The van der Waals surface area contributed by atoms with Gasteiger partial charge in [0.15, 0.2) is 0 Å². The number of benzene rings is 2. The van der Waals surface area contributed by atoms with Gasteiger partial charge in [-0.1, -0.05) is 68.8 Å². The Kier molecular flexibility index (Phi) is 8.15. The molecule has 1 atom stereocenters. The minimum Gasteiger partial charge on any atom is -0.381 e. The van der Waals surface area contributed by atoms with Crippen molar-refractivity contribution in [2.45, 2.75) is 83.7 Å². The van der Waals surface area contributed by atoms with Gasteiger partial charge in [-0.25, -0.2) is 0 Å². The molecule has 2 aromatic rings. The Hall–Kier alpha value is -1.60. The van der Waals surface area contributed by atoms with E-state index in [9.17, 15) is 0 Å². The van der Waals surface area contributed by atoms with Crippen molar-refractivity contribution in [1.82, 2.24) is 0 Å². The fourth-order valence-corrected chi connectivity index (χ4v) is 4.70. The van der Waals surface area contributed by atoms with E-state index in [2.05, 4.69) is 62.4 Å². The molecule has 28 heavy (non-hydrogen) atoms. The monoisotopic (exact) mass is 378 g/mol. The van der Waals surface area contributed by atoms with Gasteiger partial charge in [0.2, 0.25) is 0 Å². The van der Waals surface area contributed by atoms with Crippen LogP contribution >= 0.6 is 0 Å². The van der Waals surface area contributed by atoms with Crippen LogP contribution in [0.1, 0.15) is 80.5 Å². The largest absolute Gasteiger partial charge is 0.381 e. The highest BCUT2D eigenvalue weighted by Gasteiger charge is 2.22. The van der Waals surface area contributed by atoms with Gasteiger partial charge in [0.1, 0.15) is 0 Å². The first-order chi connectivity index (χ1) is 13.7. The molecular formula is C27H38O. The maximum absolute atomic E-state index is 5.51. The number of ether oxygens (including phenoxy) is 1. The molecular weight excluding hydrogens is 340 g/mol. The molecule has 1 aliphatic carbocycles. The summed E-state index contributed by atoms with van der Waals surface area (Å²) in [6, 6.07) is 18.6. The molecule has 1 nitrogen and oxygen atoms in total. The molecule has 0 saturated heterocycles. The maximum atomic E-state index is 5.51. The molecule has 0 radical (unpaired) electrons. The zero-order valence-corrected chi connectivity index (χ0v) is 18.1. The van der Waals surface area contributed by atoms with Crippen molar-refractivity contribution in [2.24, 2.45) is 5.92 Å². The molecule has 0 amide bonds. The third kappa shape index (κ3) is 6.21. The molecule has 1 saturated carbocycles. The lowest BCUT2D eigenvalue weighted by Gasteiger charge is -2.29. The van der Waals surface area contributed by atoms with Crippen LogP contribution in [0.5, 0.6) is 0 Å². The molecule has 1 heteroatoms. The summed E-state index contributed by atoms with van der Waals surface area (Å²) in [5.74, 6) is 1.53. The van der Waals surface area contributed by atoms with Gasteiger partial charge in [-0.15, -0.1) is 0 Å². The van der Waals surface area contributed by atoms with Crippen LogP contribution < -0.4 is 0 Å². The highest BCUT2D eigenvalue weighted by molar-refractivity contribution is 5.27. The first-order valence-corrected chi connectivity index (χ1v) is 11.4. The molecule has 1 fully saturated rings. The van der Waals surface area contributed by atoms with Crippen LogP contribution in [-0.2, 0) is 24.0 Å². The van der Waals surface area contributed by atoms with Crippen molar-refractivity contribution in [3.63, 3.8) is 0 Å². The predicted octanol–water partition coefficient (Wildman–Crippen LogP) is 7.12. The van der Waals surface area contributed by atoms with Crippen LogP contribution in [0.2, 0.25) is 0 Å². The molecule has 3 rings (SSSR count). The highest BCUT2D eigenvalue weighted by atomic mass is 16.5. The summed E-state index contributed by atoms with van der Waals surface area (Å²) in [6.07, 6.45) is 11.6. The summed E-state index contributed by atoms with van der Waals surface area (Å²) in [5.41, 5.74) is 5.86. The molecule has 0 spiro atoms. The molecule has 0 aromatic heterocycles. The average molecular weight is 379 g/mol. The van der Waals surface area contributed by atoms with E-state index in [0.717, 1.165) is 18.8 Å². The lowest BCUT2D eigenvalue weighted by Crippen LogP contribution is -2.21. The Labute approximate surface area is 172 Å². The second-order valence-electron chi connectivity index (χ2n) is 8.82. The number of hydrogen-bond acceptors (Lipinski definition) is 1. The lowest BCUT2D eigenvalue weighted by atomic mass is 9.80. The van der Waals surface area contributed by atoms with Crippen molar-refractivity contribution in [1.29, 1.82) is 0 Å². The second-order valence-corrected chi connectivity index (χ2v) is 8.82. The zero-order valence-electron chi connectivity index (χ0n) is 18.1.